The monoisotopic (exact) mass is 360 g/mol. The van der Waals surface area contributed by atoms with Crippen molar-refractivity contribution < 1.29 is 9.18 Å². The van der Waals surface area contributed by atoms with Gasteiger partial charge in [-0.15, -0.1) is 11.3 Å². The molecule has 0 aliphatic rings. The van der Waals surface area contributed by atoms with Gasteiger partial charge in [-0.25, -0.2) is 9.37 Å². The highest BCUT2D eigenvalue weighted by Crippen LogP contribution is 2.25. The van der Waals surface area contributed by atoms with Crippen LogP contribution in [0.25, 0.3) is 10.6 Å². The van der Waals surface area contributed by atoms with Crippen molar-refractivity contribution in [2.24, 2.45) is 0 Å². The number of nitrogens with one attached hydrogen (secondary N) is 1. The largest absolute Gasteiger partial charge is 0.323 e. The predicted octanol–water partition coefficient (Wildman–Crippen LogP) is 5.09. The van der Waals surface area contributed by atoms with Crippen LogP contribution < -0.4 is 5.32 Å². The molecule has 3 aromatic rings. The Bertz CT molecular complexity index is 877. The molecule has 1 aromatic heterocycles. The summed E-state index contributed by atoms with van der Waals surface area (Å²) in [6.45, 7) is 1.79. The smallest absolute Gasteiger partial charge is 0.230 e. The average molecular weight is 361 g/mol. The van der Waals surface area contributed by atoms with Gasteiger partial charge < -0.3 is 5.32 Å². The molecule has 0 aliphatic carbocycles. The number of hydrogen-bond donors (Lipinski definition) is 1. The highest BCUT2D eigenvalue weighted by molar-refractivity contribution is 7.13. The molecule has 0 atom stereocenters. The lowest BCUT2D eigenvalue weighted by Gasteiger charge is -2.06. The molecule has 24 heavy (non-hydrogen) atoms. The first-order chi connectivity index (χ1) is 11.5. The highest BCUT2D eigenvalue weighted by Gasteiger charge is 2.11. The molecule has 3 rings (SSSR count). The Morgan fingerprint density at radius 2 is 2.00 bits per heavy atom. The first-order valence-corrected chi connectivity index (χ1v) is 8.53. The summed E-state index contributed by atoms with van der Waals surface area (Å²) in [7, 11) is 0. The van der Waals surface area contributed by atoms with Gasteiger partial charge in [0.25, 0.3) is 0 Å². The molecule has 0 aliphatic heterocycles. The number of rotatable bonds is 4. The molecule has 0 saturated heterocycles. The molecule has 1 amide bonds. The first-order valence-electron chi connectivity index (χ1n) is 7.27. The first kappa shape index (κ1) is 16.6. The second-order valence-corrected chi connectivity index (χ2v) is 6.65. The van der Waals surface area contributed by atoms with E-state index in [9.17, 15) is 9.18 Å². The minimum Gasteiger partial charge on any atom is -0.323 e. The van der Waals surface area contributed by atoms with Crippen molar-refractivity contribution >= 4 is 34.5 Å². The Balaban J connectivity index is 1.68. The van der Waals surface area contributed by atoms with Crippen molar-refractivity contribution in [3.05, 3.63) is 69.9 Å². The topological polar surface area (TPSA) is 42.0 Å². The molecule has 1 N–H and O–H groups in total. The maximum atomic E-state index is 13.8. The van der Waals surface area contributed by atoms with Crippen LogP contribution >= 0.6 is 22.9 Å². The summed E-state index contributed by atoms with van der Waals surface area (Å²) >= 11 is 7.33. The van der Waals surface area contributed by atoms with Crippen molar-refractivity contribution in [1.29, 1.82) is 0 Å². The number of benzene rings is 2. The summed E-state index contributed by atoms with van der Waals surface area (Å²) in [5.74, 6) is -0.741. The van der Waals surface area contributed by atoms with Gasteiger partial charge in [-0.1, -0.05) is 29.8 Å². The lowest BCUT2D eigenvalue weighted by atomic mass is 10.2. The van der Waals surface area contributed by atoms with Gasteiger partial charge in [0.15, 0.2) is 0 Å². The van der Waals surface area contributed by atoms with E-state index in [2.05, 4.69) is 10.3 Å². The number of halogens is 2. The van der Waals surface area contributed by atoms with Gasteiger partial charge in [-0.2, -0.15) is 0 Å². The van der Waals surface area contributed by atoms with Gasteiger partial charge in [0.05, 0.1) is 17.8 Å². The van der Waals surface area contributed by atoms with Crippen molar-refractivity contribution in [1.82, 2.24) is 4.98 Å². The van der Waals surface area contributed by atoms with Crippen LogP contribution in [-0.2, 0) is 11.2 Å². The predicted molar refractivity (Wildman–Crippen MR) is 96.0 cm³/mol. The molecule has 0 unspecified atom stereocenters. The van der Waals surface area contributed by atoms with Gasteiger partial charge in [0.2, 0.25) is 5.91 Å². The van der Waals surface area contributed by atoms with Crippen molar-refractivity contribution in [3.63, 3.8) is 0 Å². The van der Waals surface area contributed by atoms with E-state index < -0.39 is 5.82 Å². The van der Waals surface area contributed by atoms with Crippen LogP contribution in [0.4, 0.5) is 10.1 Å². The van der Waals surface area contributed by atoms with Crippen LogP contribution in [0.2, 0.25) is 5.02 Å². The molecule has 1 heterocycles. The van der Waals surface area contributed by atoms with Gasteiger partial charge in [0.1, 0.15) is 10.8 Å². The highest BCUT2D eigenvalue weighted by atomic mass is 35.5. The summed E-state index contributed by atoms with van der Waals surface area (Å²) in [5, 5.41) is 5.88. The lowest BCUT2D eigenvalue weighted by molar-refractivity contribution is -0.115. The number of aromatic nitrogens is 1. The van der Waals surface area contributed by atoms with Gasteiger partial charge >= 0.3 is 0 Å². The van der Waals surface area contributed by atoms with E-state index in [-0.39, 0.29) is 18.0 Å². The number of hydrogen-bond acceptors (Lipinski definition) is 3. The molecule has 0 radical (unpaired) electrons. The Kier molecular flexibility index (Phi) is 4.92. The fraction of sp³-hybridized carbons (Fsp3) is 0.111. The summed E-state index contributed by atoms with van der Waals surface area (Å²) in [5.41, 5.74) is 2.58. The second-order valence-electron chi connectivity index (χ2n) is 5.36. The normalized spacial score (nSPS) is 10.6. The van der Waals surface area contributed by atoms with Gasteiger partial charge in [-0.05, 0) is 36.8 Å². The van der Waals surface area contributed by atoms with E-state index >= 15 is 0 Å². The fourth-order valence-electron chi connectivity index (χ4n) is 2.19. The van der Waals surface area contributed by atoms with Crippen LogP contribution in [0.5, 0.6) is 0 Å². The van der Waals surface area contributed by atoms with E-state index in [1.807, 2.05) is 17.5 Å². The van der Waals surface area contributed by atoms with Crippen LogP contribution in [0, 0.1) is 12.7 Å². The van der Waals surface area contributed by atoms with Crippen molar-refractivity contribution in [2.75, 3.05) is 5.32 Å². The molecular weight excluding hydrogens is 347 g/mol. The molecule has 3 nitrogen and oxygen atoms in total. The quantitative estimate of drug-likeness (QED) is 0.704. The standard InChI is InChI=1S/C18H14ClFN2OS/c1-11-2-7-16(15(20)8-11)22-17(23)9-14-10-24-18(21-14)12-3-5-13(19)6-4-12/h2-8,10H,9H2,1H3,(H,22,23). The number of amides is 1. The SMILES string of the molecule is Cc1ccc(NC(=O)Cc2csc(-c3ccc(Cl)cc3)n2)c(F)c1. The number of aryl methyl sites for hydroxylation is 1. The maximum Gasteiger partial charge on any atom is 0.230 e. The Morgan fingerprint density at radius 3 is 2.71 bits per heavy atom. The number of nitrogens with zero attached hydrogens (tertiary/aromatic N) is 1. The maximum absolute atomic E-state index is 13.8. The molecule has 6 heteroatoms. The Hall–Kier alpha value is -2.24. The molecule has 122 valence electrons. The van der Waals surface area contributed by atoms with E-state index in [1.165, 1.54) is 17.4 Å². The zero-order valence-corrected chi connectivity index (χ0v) is 14.4. The van der Waals surface area contributed by atoms with Gasteiger partial charge in [0, 0.05) is 16.0 Å². The van der Waals surface area contributed by atoms with Crippen molar-refractivity contribution in [2.45, 2.75) is 13.3 Å². The molecule has 2 aromatic carbocycles. The zero-order chi connectivity index (χ0) is 17.1. The molecular formula is C18H14ClFN2OS. The van der Waals surface area contributed by atoms with Crippen LogP contribution in [-0.4, -0.2) is 10.9 Å². The molecule has 0 bridgehead atoms. The molecule has 0 fully saturated rings. The van der Waals surface area contributed by atoms with E-state index in [0.29, 0.717) is 10.7 Å². The van der Waals surface area contributed by atoms with Crippen LogP contribution in [0.15, 0.2) is 47.8 Å². The lowest BCUT2D eigenvalue weighted by Crippen LogP contribution is -2.15. The number of anilines is 1. The molecule has 0 spiro atoms. The number of thiazole rings is 1. The molecule has 0 saturated carbocycles. The van der Waals surface area contributed by atoms with Crippen LogP contribution in [0.1, 0.15) is 11.3 Å². The Labute approximate surface area is 148 Å². The minimum atomic E-state index is -0.441. The Morgan fingerprint density at radius 1 is 1.25 bits per heavy atom. The third-order valence-corrected chi connectivity index (χ3v) is 4.58. The fourth-order valence-corrected chi connectivity index (χ4v) is 3.15. The number of carbonyl (C=O) groups is 1. The van der Waals surface area contributed by atoms with E-state index in [0.717, 1.165) is 16.1 Å². The van der Waals surface area contributed by atoms with E-state index in [1.54, 1.807) is 31.2 Å². The van der Waals surface area contributed by atoms with E-state index in [4.69, 9.17) is 11.6 Å². The minimum absolute atomic E-state index is 0.0946. The summed E-state index contributed by atoms with van der Waals surface area (Å²) in [6, 6.07) is 12.1. The summed E-state index contributed by atoms with van der Waals surface area (Å²) < 4.78 is 13.8. The third kappa shape index (κ3) is 3.99. The van der Waals surface area contributed by atoms with Gasteiger partial charge in [-0.3, -0.25) is 4.79 Å². The number of carbonyl (C=O) groups excluding carboxylic acids is 1. The summed E-state index contributed by atoms with van der Waals surface area (Å²) in [4.78, 5) is 16.5. The zero-order valence-electron chi connectivity index (χ0n) is 12.8. The second kappa shape index (κ2) is 7.11. The summed E-state index contributed by atoms with van der Waals surface area (Å²) in [6.07, 6.45) is 0.0946. The van der Waals surface area contributed by atoms with Crippen LogP contribution in [0.3, 0.4) is 0 Å². The average Bonchev–Trinajstić information content (AvgIpc) is 2.99. The third-order valence-electron chi connectivity index (χ3n) is 3.38. The van der Waals surface area contributed by atoms with Crippen molar-refractivity contribution in [3.8, 4) is 10.6 Å².